The molecule has 0 unspecified atom stereocenters. The molecule has 3 aromatic rings. The Hall–Kier alpha value is -1.96. The van der Waals surface area contributed by atoms with Crippen molar-refractivity contribution in [3.05, 3.63) is 60.6 Å². The highest BCUT2D eigenvalue weighted by atomic mass is 27.1. The summed E-state index contributed by atoms with van der Waals surface area (Å²) in [6.45, 7) is 2.16. The molecule has 2 aromatic heterocycles. The van der Waals surface area contributed by atoms with Gasteiger partial charge < -0.3 is 3.79 Å². The van der Waals surface area contributed by atoms with Gasteiger partial charge in [-0.3, -0.25) is 4.57 Å². The van der Waals surface area contributed by atoms with Gasteiger partial charge in [0.15, 0.2) is 5.88 Å². The van der Waals surface area contributed by atoms with Crippen molar-refractivity contribution >= 4 is 16.6 Å². The molecule has 0 saturated heterocycles. The van der Waals surface area contributed by atoms with E-state index in [0.29, 0.717) is 0 Å². The predicted octanol–water partition coefficient (Wildman–Crippen LogP) is 2.81. The van der Waals surface area contributed by atoms with Gasteiger partial charge in [-0.1, -0.05) is 31.5 Å². The molecule has 2 heterocycles. The number of aryl methyl sites for hydroxylation is 1. The third-order valence-corrected chi connectivity index (χ3v) is 3.66. The van der Waals surface area contributed by atoms with E-state index in [2.05, 4.69) is 30.2 Å². The molecule has 0 aliphatic heterocycles. The second-order valence-corrected chi connectivity index (χ2v) is 5.15. The average molecular weight is 294 g/mol. The molecule has 0 aliphatic carbocycles. The van der Waals surface area contributed by atoms with Gasteiger partial charge in [0, 0.05) is 18.1 Å². The zero-order valence-electron chi connectivity index (χ0n) is 12.1. The number of hydrogen-bond acceptors (Lipinski definition) is 2. The fraction of sp³-hybridized carbons (Fsp3) is 0.188. The molecule has 21 heavy (non-hydrogen) atoms. The van der Waals surface area contributed by atoms with Gasteiger partial charge >= 0.3 is 16.6 Å². The topological polar surface area (TPSA) is 32.0 Å². The Labute approximate surface area is 132 Å². The molecule has 0 spiro atoms. The molecule has 3 rings (SSSR count). The van der Waals surface area contributed by atoms with Crippen molar-refractivity contribution in [3.8, 4) is 17.3 Å². The van der Waals surface area contributed by atoms with Crippen LogP contribution in [0.5, 0.6) is 5.88 Å². The van der Waals surface area contributed by atoms with Crippen molar-refractivity contribution in [1.82, 2.24) is 14.3 Å². The summed E-state index contributed by atoms with van der Waals surface area (Å²) in [6, 6.07) is 14.2. The van der Waals surface area contributed by atoms with Crippen LogP contribution in [-0.4, -0.2) is 31.0 Å². The number of hydrogen-bond donors (Lipinski definition) is 0. The van der Waals surface area contributed by atoms with E-state index in [1.807, 2.05) is 45.9 Å². The molecular weight excluding hydrogens is 277 g/mol. The second kappa shape index (κ2) is 6.21. The van der Waals surface area contributed by atoms with Crippen LogP contribution in [0.1, 0.15) is 19.0 Å². The lowest BCUT2D eigenvalue weighted by Crippen LogP contribution is -2.02. The highest BCUT2D eigenvalue weighted by molar-refractivity contribution is 6.00. The number of nitrogens with zero attached hydrogens (tertiary/aromatic N) is 3. The summed E-state index contributed by atoms with van der Waals surface area (Å²) < 4.78 is 9.54. The number of benzene rings is 1. The Kier molecular flexibility index (Phi) is 4.14. The molecule has 0 atom stereocenters. The lowest BCUT2D eigenvalue weighted by atomic mass is 10.3. The quantitative estimate of drug-likeness (QED) is 0.678. The van der Waals surface area contributed by atoms with Gasteiger partial charge in [-0.15, -0.1) is 0 Å². The summed E-state index contributed by atoms with van der Waals surface area (Å²) in [7, 11) is 0. The minimum absolute atomic E-state index is 0.797. The van der Waals surface area contributed by atoms with Crippen molar-refractivity contribution in [3.63, 3.8) is 0 Å². The molecule has 0 amide bonds. The van der Waals surface area contributed by atoms with Gasteiger partial charge in [0.2, 0.25) is 0 Å². The van der Waals surface area contributed by atoms with E-state index in [1.54, 1.807) is 0 Å². The third kappa shape index (κ3) is 2.76. The fourth-order valence-electron chi connectivity index (χ4n) is 2.40. The molecule has 1 aromatic carbocycles. The van der Waals surface area contributed by atoms with E-state index in [0.717, 1.165) is 35.8 Å². The minimum atomic E-state index is 0.797. The Balaban J connectivity index is 2.02. The van der Waals surface area contributed by atoms with Crippen LogP contribution in [0.3, 0.4) is 0 Å². The van der Waals surface area contributed by atoms with Crippen molar-refractivity contribution in [2.75, 3.05) is 0 Å². The summed E-state index contributed by atoms with van der Waals surface area (Å²) >= 11 is 1.48. The van der Waals surface area contributed by atoms with Crippen molar-refractivity contribution in [1.29, 1.82) is 0 Å². The van der Waals surface area contributed by atoms with E-state index in [4.69, 9.17) is 3.79 Å². The molecule has 0 bridgehead atoms. The van der Waals surface area contributed by atoms with E-state index in [-0.39, 0.29) is 0 Å². The monoisotopic (exact) mass is 294 g/mol. The maximum atomic E-state index is 5.62. The number of para-hydroxylation sites is 1. The maximum Gasteiger partial charge on any atom is 0.495 e. The highest BCUT2D eigenvalue weighted by Gasteiger charge is 2.12. The summed E-state index contributed by atoms with van der Waals surface area (Å²) in [5.74, 6) is 0.797. The Bertz CT molecular complexity index is 718. The number of rotatable bonds is 5. The van der Waals surface area contributed by atoms with Gasteiger partial charge in [0.1, 0.15) is 5.69 Å². The first-order valence-electron chi connectivity index (χ1n) is 7.07. The van der Waals surface area contributed by atoms with E-state index < -0.39 is 0 Å². The second-order valence-electron chi connectivity index (χ2n) is 4.86. The lowest BCUT2D eigenvalue weighted by molar-refractivity contribution is 0.564. The molecule has 0 saturated carbocycles. The van der Waals surface area contributed by atoms with Crippen LogP contribution in [0, 0.1) is 0 Å². The smallest absolute Gasteiger partial charge is 0.495 e. The SMILES string of the molecule is CCCc1ccn(-c2ccn(-c3ccccc3)c2[O][AlH])n1. The van der Waals surface area contributed by atoms with Crippen molar-refractivity contribution < 1.29 is 3.79 Å². The van der Waals surface area contributed by atoms with Gasteiger partial charge in [-0.2, -0.15) is 5.10 Å². The molecule has 0 aliphatic rings. The summed E-state index contributed by atoms with van der Waals surface area (Å²) in [6.07, 6.45) is 6.09. The van der Waals surface area contributed by atoms with Gasteiger partial charge in [-0.25, -0.2) is 4.68 Å². The first kappa shape index (κ1) is 14.0. The molecule has 5 heteroatoms. The van der Waals surface area contributed by atoms with Crippen LogP contribution >= 0.6 is 0 Å². The summed E-state index contributed by atoms with van der Waals surface area (Å²) in [5.41, 5.74) is 3.14. The van der Waals surface area contributed by atoms with Crippen LogP contribution in [0.25, 0.3) is 11.4 Å². The normalized spacial score (nSPS) is 10.7. The number of aromatic nitrogens is 3. The highest BCUT2D eigenvalue weighted by Crippen LogP contribution is 2.27. The largest absolute Gasteiger partial charge is 0.636 e. The predicted molar refractivity (Wildman–Crippen MR) is 84.7 cm³/mol. The van der Waals surface area contributed by atoms with Gasteiger partial charge in [0.05, 0.1) is 5.69 Å². The molecular formula is C16H17AlN3O. The van der Waals surface area contributed by atoms with Gasteiger partial charge in [0.25, 0.3) is 0 Å². The maximum absolute atomic E-state index is 5.62. The van der Waals surface area contributed by atoms with Crippen LogP contribution in [0.15, 0.2) is 54.9 Å². The Morgan fingerprint density at radius 2 is 1.90 bits per heavy atom. The van der Waals surface area contributed by atoms with Gasteiger partial charge in [-0.05, 0) is 30.7 Å². The molecule has 0 N–H and O–H groups in total. The van der Waals surface area contributed by atoms with E-state index in [1.165, 1.54) is 16.6 Å². The molecule has 4 nitrogen and oxygen atoms in total. The molecule has 1 radical (unpaired) electrons. The first-order chi connectivity index (χ1) is 10.3. The van der Waals surface area contributed by atoms with Crippen LogP contribution in [0.4, 0.5) is 0 Å². The summed E-state index contributed by atoms with van der Waals surface area (Å²) in [5, 5.41) is 4.61. The minimum Gasteiger partial charge on any atom is -0.636 e. The zero-order chi connectivity index (χ0) is 14.7. The standard InChI is InChI=1S/C16H17N3O.Al.H/c1-2-6-13-9-12-19(17-13)15-10-11-18(16(15)20)14-7-4-3-5-8-14;;/h3-5,7-12,20H,2,6H2,1H3;;/q;+1;/p-1. The summed E-state index contributed by atoms with van der Waals surface area (Å²) in [4.78, 5) is 0. The molecule has 105 valence electrons. The van der Waals surface area contributed by atoms with E-state index in [9.17, 15) is 0 Å². The van der Waals surface area contributed by atoms with Crippen molar-refractivity contribution in [2.24, 2.45) is 0 Å². The Morgan fingerprint density at radius 1 is 1.10 bits per heavy atom. The van der Waals surface area contributed by atoms with Crippen LogP contribution in [-0.2, 0) is 6.42 Å². The fourth-order valence-corrected chi connectivity index (χ4v) is 2.69. The van der Waals surface area contributed by atoms with Crippen LogP contribution < -0.4 is 3.79 Å². The van der Waals surface area contributed by atoms with Crippen LogP contribution in [0.2, 0.25) is 0 Å². The zero-order valence-corrected chi connectivity index (χ0v) is 13.5. The molecule has 0 fully saturated rings. The lowest BCUT2D eigenvalue weighted by Gasteiger charge is -2.11. The van der Waals surface area contributed by atoms with Crippen molar-refractivity contribution in [2.45, 2.75) is 19.8 Å². The van der Waals surface area contributed by atoms with E-state index >= 15 is 0 Å². The average Bonchev–Trinajstić information content (AvgIpc) is 3.14. The Morgan fingerprint density at radius 3 is 2.62 bits per heavy atom. The first-order valence-corrected chi connectivity index (χ1v) is 7.65. The third-order valence-electron chi connectivity index (χ3n) is 3.39.